The minimum atomic E-state index is 0.459. The van der Waals surface area contributed by atoms with Crippen LogP contribution in [-0.4, -0.2) is 23.0 Å². The quantitative estimate of drug-likeness (QED) is 0.750. The maximum Gasteiger partial charge on any atom is 0.0978 e. The molecule has 1 aromatic rings. The van der Waals surface area contributed by atoms with Crippen molar-refractivity contribution in [2.75, 3.05) is 7.05 Å². The molecular formula is C14H20N2. The van der Waals surface area contributed by atoms with E-state index in [-0.39, 0.29) is 0 Å². The Balaban J connectivity index is 2.13. The first-order valence-corrected chi connectivity index (χ1v) is 5.80. The van der Waals surface area contributed by atoms with Crippen LogP contribution in [-0.2, 0) is 6.54 Å². The zero-order chi connectivity index (χ0) is 11.7. The fourth-order valence-corrected chi connectivity index (χ4v) is 2.08. The summed E-state index contributed by atoms with van der Waals surface area (Å²) in [7, 11) is 2.11. The van der Waals surface area contributed by atoms with Gasteiger partial charge in [0.05, 0.1) is 6.17 Å². The van der Waals surface area contributed by atoms with Gasteiger partial charge in [0.15, 0.2) is 0 Å². The number of rotatable bonds is 2. The van der Waals surface area contributed by atoms with Crippen LogP contribution in [0.1, 0.15) is 23.6 Å². The zero-order valence-electron chi connectivity index (χ0n) is 10.6. The van der Waals surface area contributed by atoms with Gasteiger partial charge in [-0.1, -0.05) is 23.8 Å². The highest BCUT2D eigenvalue weighted by Crippen LogP contribution is 2.19. The number of hydrogen-bond acceptors (Lipinski definition) is 2. The molecule has 1 aliphatic rings. The van der Waals surface area contributed by atoms with E-state index in [2.05, 4.69) is 68.2 Å². The first-order chi connectivity index (χ1) is 7.58. The van der Waals surface area contributed by atoms with Crippen molar-refractivity contribution in [3.05, 3.63) is 47.3 Å². The highest BCUT2D eigenvalue weighted by atomic mass is 15.4. The van der Waals surface area contributed by atoms with Crippen molar-refractivity contribution in [1.82, 2.24) is 9.80 Å². The Labute approximate surface area is 98.2 Å². The molecule has 0 fully saturated rings. The van der Waals surface area contributed by atoms with E-state index < -0.39 is 0 Å². The molecule has 86 valence electrons. The second kappa shape index (κ2) is 4.20. The summed E-state index contributed by atoms with van der Waals surface area (Å²) in [6.45, 7) is 7.55. The Morgan fingerprint density at radius 3 is 2.50 bits per heavy atom. The summed E-state index contributed by atoms with van der Waals surface area (Å²) in [5.74, 6) is 0. The van der Waals surface area contributed by atoms with Crippen LogP contribution in [0.15, 0.2) is 30.6 Å². The van der Waals surface area contributed by atoms with Gasteiger partial charge in [-0.25, -0.2) is 0 Å². The van der Waals surface area contributed by atoms with Crippen LogP contribution >= 0.6 is 0 Å². The molecule has 1 atom stereocenters. The van der Waals surface area contributed by atoms with Gasteiger partial charge in [0.1, 0.15) is 0 Å². The van der Waals surface area contributed by atoms with Crippen molar-refractivity contribution >= 4 is 0 Å². The van der Waals surface area contributed by atoms with Crippen molar-refractivity contribution in [3.63, 3.8) is 0 Å². The Bertz CT molecular complexity index is 409. The molecule has 1 unspecified atom stereocenters. The molecule has 0 aliphatic carbocycles. The van der Waals surface area contributed by atoms with Crippen LogP contribution < -0.4 is 0 Å². The van der Waals surface area contributed by atoms with Crippen molar-refractivity contribution in [1.29, 1.82) is 0 Å². The standard InChI is InChI=1S/C14H20N2/c1-11-5-6-14(12(2)9-11)10-16-8-7-15(4)13(16)3/h5-9,13H,10H2,1-4H3. The molecule has 0 amide bonds. The van der Waals surface area contributed by atoms with Crippen LogP contribution in [0.25, 0.3) is 0 Å². The van der Waals surface area contributed by atoms with Gasteiger partial charge in [-0.15, -0.1) is 0 Å². The van der Waals surface area contributed by atoms with Crippen LogP contribution in [0.5, 0.6) is 0 Å². The molecule has 2 rings (SSSR count). The molecule has 1 aromatic carbocycles. The van der Waals surface area contributed by atoms with Gasteiger partial charge in [-0.05, 0) is 31.9 Å². The summed E-state index contributed by atoms with van der Waals surface area (Å²) in [5, 5.41) is 0. The van der Waals surface area contributed by atoms with Gasteiger partial charge in [-0.2, -0.15) is 0 Å². The molecule has 1 heterocycles. The average Bonchev–Trinajstić information content (AvgIpc) is 2.54. The Hall–Kier alpha value is -1.44. The predicted molar refractivity (Wildman–Crippen MR) is 67.8 cm³/mol. The van der Waals surface area contributed by atoms with Gasteiger partial charge in [0.25, 0.3) is 0 Å². The van der Waals surface area contributed by atoms with E-state index in [0.717, 1.165) is 6.54 Å². The Morgan fingerprint density at radius 2 is 1.94 bits per heavy atom. The normalized spacial score (nSPS) is 19.6. The van der Waals surface area contributed by atoms with E-state index in [9.17, 15) is 0 Å². The second-order valence-corrected chi connectivity index (χ2v) is 4.70. The first kappa shape index (κ1) is 11.1. The SMILES string of the molecule is Cc1ccc(CN2C=CN(C)C2C)c(C)c1. The molecule has 0 aromatic heterocycles. The Kier molecular flexibility index (Phi) is 2.90. The number of benzene rings is 1. The molecule has 0 saturated carbocycles. The highest BCUT2D eigenvalue weighted by Gasteiger charge is 2.18. The number of aryl methyl sites for hydroxylation is 2. The third-order valence-corrected chi connectivity index (χ3v) is 3.41. The van der Waals surface area contributed by atoms with Crippen molar-refractivity contribution in [3.8, 4) is 0 Å². The summed E-state index contributed by atoms with van der Waals surface area (Å²) in [4.78, 5) is 4.58. The molecule has 2 heteroatoms. The number of hydrogen-bond donors (Lipinski definition) is 0. The molecule has 0 saturated heterocycles. The lowest BCUT2D eigenvalue weighted by Gasteiger charge is -2.27. The topological polar surface area (TPSA) is 6.48 Å². The zero-order valence-corrected chi connectivity index (χ0v) is 10.6. The lowest BCUT2D eigenvalue weighted by atomic mass is 10.1. The summed E-state index contributed by atoms with van der Waals surface area (Å²) >= 11 is 0. The maximum atomic E-state index is 2.36. The lowest BCUT2D eigenvalue weighted by Crippen LogP contribution is -2.33. The van der Waals surface area contributed by atoms with Crippen LogP contribution in [0.2, 0.25) is 0 Å². The molecule has 0 bridgehead atoms. The third-order valence-electron chi connectivity index (χ3n) is 3.41. The second-order valence-electron chi connectivity index (χ2n) is 4.70. The minimum Gasteiger partial charge on any atom is -0.359 e. The van der Waals surface area contributed by atoms with Crippen molar-refractivity contribution in [2.45, 2.75) is 33.5 Å². The molecule has 2 nitrogen and oxygen atoms in total. The van der Waals surface area contributed by atoms with E-state index in [4.69, 9.17) is 0 Å². The summed E-state index contributed by atoms with van der Waals surface area (Å²) in [6.07, 6.45) is 4.76. The van der Waals surface area contributed by atoms with Gasteiger partial charge in [-0.3, -0.25) is 0 Å². The third kappa shape index (κ3) is 2.06. The van der Waals surface area contributed by atoms with Crippen LogP contribution in [0.4, 0.5) is 0 Å². The van der Waals surface area contributed by atoms with Crippen molar-refractivity contribution < 1.29 is 0 Å². The average molecular weight is 216 g/mol. The summed E-state index contributed by atoms with van der Waals surface area (Å²) < 4.78 is 0. The molecule has 0 radical (unpaired) electrons. The van der Waals surface area contributed by atoms with Gasteiger partial charge < -0.3 is 9.80 Å². The van der Waals surface area contributed by atoms with Gasteiger partial charge >= 0.3 is 0 Å². The Morgan fingerprint density at radius 1 is 1.19 bits per heavy atom. The smallest absolute Gasteiger partial charge is 0.0978 e. The summed E-state index contributed by atoms with van der Waals surface area (Å²) in [6, 6.07) is 6.68. The predicted octanol–water partition coefficient (Wildman–Crippen LogP) is 2.87. The number of nitrogens with zero attached hydrogens (tertiary/aromatic N) is 2. The lowest BCUT2D eigenvalue weighted by molar-refractivity contribution is 0.189. The monoisotopic (exact) mass is 216 g/mol. The molecular weight excluding hydrogens is 196 g/mol. The van der Waals surface area contributed by atoms with E-state index in [1.807, 2.05) is 0 Å². The molecule has 0 spiro atoms. The fourth-order valence-electron chi connectivity index (χ4n) is 2.08. The highest BCUT2D eigenvalue weighted by molar-refractivity contribution is 5.30. The van der Waals surface area contributed by atoms with E-state index in [1.165, 1.54) is 16.7 Å². The van der Waals surface area contributed by atoms with Gasteiger partial charge in [0.2, 0.25) is 0 Å². The van der Waals surface area contributed by atoms with E-state index in [0.29, 0.717) is 6.17 Å². The largest absolute Gasteiger partial charge is 0.359 e. The minimum absolute atomic E-state index is 0.459. The summed E-state index contributed by atoms with van der Waals surface area (Å²) in [5.41, 5.74) is 4.14. The van der Waals surface area contributed by atoms with E-state index in [1.54, 1.807) is 0 Å². The molecule has 16 heavy (non-hydrogen) atoms. The van der Waals surface area contributed by atoms with Crippen LogP contribution in [0.3, 0.4) is 0 Å². The molecule has 1 aliphatic heterocycles. The van der Waals surface area contributed by atoms with E-state index >= 15 is 0 Å². The van der Waals surface area contributed by atoms with Crippen LogP contribution in [0, 0.1) is 13.8 Å². The fraction of sp³-hybridized carbons (Fsp3) is 0.429. The first-order valence-electron chi connectivity index (χ1n) is 5.80. The van der Waals surface area contributed by atoms with Gasteiger partial charge in [0, 0.05) is 26.0 Å². The molecule has 0 N–H and O–H groups in total. The van der Waals surface area contributed by atoms with Crippen molar-refractivity contribution in [2.24, 2.45) is 0 Å². The maximum absolute atomic E-state index is 2.36.